The number of nitro benzene ring substituents is 1. The summed E-state index contributed by atoms with van der Waals surface area (Å²) in [5.74, 6) is -0.357. The molecule has 0 saturated heterocycles. The number of aryl methyl sites for hydroxylation is 1. The smallest absolute Gasteiger partial charge is 0.283 e. The molecule has 0 aliphatic heterocycles. The highest BCUT2D eigenvalue weighted by atomic mass is 32.2. The van der Waals surface area contributed by atoms with Gasteiger partial charge in [-0.1, -0.05) is 25.5 Å². The van der Waals surface area contributed by atoms with Crippen LogP contribution in [0.15, 0.2) is 47.4 Å². The number of hydrogen-bond donors (Lipinski definition) is 1. The Morgan fingerprint density at radius 1 is 1.22 bits per heavy atom. The molecule has 0 bridgehead atoms. The third-order valence-corrected chi connectivity index (χ3v) is 4.17. The first kappa shape index (κ1) is 17.0. The molecule has 1 N–H and O–H groups in total. The molecule has 0 heterocycles. The molecule has 2 aromatic carbocycles. The first-order valence-electron chi connectivity index (χ1n) is 7.28. The van der Waals surface area contributed by atoms with Gasteiger partial charge in [0.05, 0.1) is 9.82 Å². The van der Waals surface area contributed by atoms with Gasteiger partial charge in [0, 0.05) is 17.3 Å². The molecule has 0 spiro atoms. The van der Waals surface area contributed by atoms with Gasteiger partial charge in [-0.2, -0.15) is 0 Å². The Balaban J connectivity index is 2.17. The lowest BCUT2D eigenvalue weighted by Crippen LogP contribution is -2.12. The summed E-state index contributed by atoms with van der Waals surface area (Å²) >= 11 is 1.28. The van der Waals surface area contributed by atoms with Gasteiger partial charge >= 0.3 is 0 Å². The SMILES string of the molecule is CCCc1ccc(NC(=O)c2ccc(SC)c([N+](=O)[O-])c2)cc1. The number of carbonyl (C=O) groups is 1. The normalized spacial score (nSPS) is 10.3. The Bertz CT molecular complexity index is 714. The van der Waals surface area contributed by atoms with E-state index < -0.39 is 4.92 Å². The maximum absolute atomic E-state index is 12.3. The Morgan fingerprint density at radius 2 is 1.91 bits per heavy atom. The molecule has 0 saturated carbocycles. The highest BCUT2D eigenvalue weighted by Crippen LogP contribution is 2.28. The van der Waals surface area contributed by atoms with Crippen LogP contribution in [0.4, 0.5) is 11.4 Å². The van der Waals surface area contributed by atoms with Crippen LogP contribution in [0.2, 0.25) is 0 Å². The second-order valence-corrected chi connectivity index (χ2v) is 5.89. The molecule has 0 aliphatic rings. The quantitative estimate of drug-likeness (QED) is 0.480. The number of anilines is 1. The summed E-state index contributed by atoms with van der Waals surface area (Å²) in [5, 5.41) is 13.8. The van der Waals surface area contributed by atoms with Crippen molar-refractivity contribution in [2.24, 2.45) is 0 Å². The maximum Gasteiger partial charge on any atom is 0.283 e. The first-order valence-corrected chi connectivity index (χ1v) is 8.50. The van der Waals surface area contributed by atoms with Crippen molar-refractivity contribution in [3.8, 4) is 0 Å². The van der Waals surface area contributed by atoms with Gasteiger partial charge in [0.1, 0.15) is 0 Å². The van der Waals surface area contributed by atoms with Crippen LogP contribution in [0.25, 0.3) is 0 Å². The van der Waals surface area contributed by atoms with Crippen molar-refractivity contribution in [1.29, 1.82) is 0 Å². The third kappa shape index (κ3) is 4.32. The molecule has 0 aromatic heterocycles. The van der Waals surface area contributed by atoms with Crippen LogP contribution in [-0.4, -0.2) is 17.1 Å². The van der Waals surface area contributed by atoms with E-state index >= 15 is 0 Å². The van der Waals surface area contributed by atoms with Crippen molar-refractivity contribution in [1.82, 2.24) is 0 Å². The van der Waals surface area contributed by atoms with Gasteiger partial charge in [0.2, 0.25) is 0 Å². The molecule has 2 aromatic rings. The van der Waals surface area contributed by atoms with Crippen molar-refractivity contribution in [2.45, 2.75) is 24.7 Å². The second kappa shape index (κ2) is 7.78. The summed E-state index contributed by atoms with van der Waals surface area (Å²) in [6, 6.07) is 12.1. The van der Waals surface area contributed by atoms with Crippen molar-refractivity contribution in [2.75, 3.05) is 11.6 Å². The molecule has 6 heteroatoms. The number of thioether (sulfide) groups is 1. The lowest BCUT2D eigenvalue weighted by Gasteiger charge is -2.07. The zero-order valence-corrected chi connectivity index (χ0v) is 13.9. The molecule has 23 heavy (non-hydrogen) atoms. The van der Waals surface area contributed by atoms with Gasteiger partial charge in [0.25, 0.3) is 11.6 Å². The molecule has 0 unspecified atom stereocenters. The van der Waals surface area contributed by atoms with E-state index in [2.05, 4.69) is 12.2 Å². The Morgan fingerprint density at radius 3 is 2.48 bits per heavy atom. The summed E-state index contributed by atoms with van der Waals surface area (Å²) in [5.41, 5.74) is 2.10. The number of nitro groups is 1. The van der Waals surface area contributed by atoms with Gasteiger partial charge in [0.15, 0.2) is 0 Å². The number of hydrogen-bond acceptors (Lipinski definition) is 4. The molecule has 5 nitrogen and oxygen atoms in total. The van der Waals surface area contributed by atoms with E-state index in [1.165, 1.54) is 23.4 Å². The third-order valence-electron chi connectivity index (χ3n) is 3.39. The average Bonchev–Trinajstić information content (AvgIpc) is 2.56. The largest absolute Gasteiger partial charge is 0.322 e. The average molecular weight is 330 g/mol. The zero-order chi connectivity index (χ0) is 16.8. The van der Waals surface area contributed by atoms with Crippen LogP contribution in [0, 0.1) is 10.1 Å². The summed E-state index contributed by atoms with van der Waals surface area (Å²) in [4.78, 5) is 23.4. The minimum absolute atomic E-state index is 0.0524. The van der Waals surface area contributed by atoms with Crippen LogP contribution >= 0.6 is 11.8 Å². The highest BCUT2D eigenvalue weighted by molar-refractivity contribution is 7.98. The maximum atomic E-state index is 12.3. The van der Waals surface area contributed by atoms with Crippen LogP contribution in [-0.2, 0) is 6.42 Å². The number of amides is 1. The molecule has 0 atom stereocenters. The summed E-state index contributed by atoms with van der Waals surface area (Å²) in [6.45, 7) is 2.11. The number of benzene rings is 2. The van der Waals surface area contributed by atoms with Crippen LogP contribution < -0.4 is 5.32 Å². The highest BCUT2D eigenvalue weighted by Gasteiger charge is 2.17. The minimum atomic E-state index is -0.470. The van der Waals surface area contributed by atoms with Crippen molar-refractivity contribution in [3.05, 3.63) is 63.7 Å². The number of carbonyl (C=O) groups excluding carboxylic acids is 1. The fourth-order valence-electron chi connectivity index (χ4n) is 2.22. The fraction of sp³-hybridized carbons (Fsp3) is 0.235. The Labute approximate surface area is 139 Å². The molecule has 0 fully saturated rings. The summed E-state index contributed by atoms with van der Waals surface area (Å²) < 4.78 is 0. The van der Waals surface area contributed by atoms with Gasteiger partial charge in [-0.05, 0) is 42.5 Å². The van der Waals surface area contributed by atoms with Crippen LogP contribution in [0.5, 0.6) is 0 Å². The van der Waals surface area contributed by atoms with E-state index in [9.17, 15) is 14.9 Å². The van der Waals surface area contributed by atoms with E-state index in [-0.39, 0.29) is 17.2 Å². The van der Waals surface area contributed by atoms with Gasteiger partial charge in [-0.25, -0.2) is 0 Å². The van der Waals surface area contributed by atoms with Crippen molar-refractivity contribution >= 4 is 29.0 Å². The standard InChI is InChI=1S/C17H18N2O3S/c1-3-4-12-5-8-14(9-6-12)18-17(20)13-7-10-16(23-2)15(11-13)19(21)22/h5-11H,3-4H2,1-2H3,(H,18,20). The first-order chi connectivity index (χ1) is 11.0. The van der Waals surface area contributed by atoms with Crippen molar-refractivity contribution in [3.63, 3.8) is 0 Å². The van der Waals surface area contributed by atoms with Crippen LogP contribution in [0.3, 0.4) is 0 Å². The fourth-order valence-corrected chi connectivity index (χ4v) is 2.77. The van der Waals surface area contributed by atoms with Gasteiger partial charge in [-0.15, -0.1) is 11.8 Å². The van der Waals surface area contributed by atoms with E-state index in [4.69, 9.17) is 0 Å². The number of nitrogens with zero attached hydrogens (tertiary/aromatic N) is 1. The predicted molar refractivity (Wildman–Crippen MR) is 93.3 cm³/mol. The predicted octanol–water partition coefficient (Wildman–Crippen LogP) is 4.52. The van der Waals surface area contributed by atoms with E-state index in [0.29, 0.717) is 10.6 Å². The van der Waals surface area contributed by atoms with E-state index in [1.54, 1.807) is 18.4 Å². The van der Waals surface area contributed by atoms with Gasteiger partial charge < -0.3 is 5.32 Å². The molecule has 0 aliphatic carbocycles. The molecule has 120 valence electrons. The Kier molecular flexibility index (Phi) is 5.76. The van der Waals surface area contributed by atoms with Crippen molar-refractivity contribution < 1.29 is 9.72 Å². The topological polar surface area (TPSA) is 72.2 Å². The molecule has 2 rings (SSSR count). The monoisotopic (exact) mass is 330 g/mol. The zero-order valence-electron chi connectivity index (χ0n) is 13.0. The lowest BCUT2D eigenvalue weighted by molar-refractivity contribution is -0.387. The lowest BCUT2D eigenvalue weighted by atomic mass is 10.1. The van der Waals surface area contributed by atoms with Crippen LogP contribution in [0.1, 0.15) is 29.3 Å². The second-order valence-electron chi connectivity index (χ2n) is 5.04. The van der Waals surface area contributed by atoms with Gasteiger partial charge in [-0.3, -0.25) is 14.9 Å². The summed E-state index contributed by atoms with van der Waals surface area (Å²) in [7, 11) is 0. The number of rotatable bonds is 6. The molecule has 0 radical (unpaired) electrons. The number of nitrogens with one attached hydrogen (secondary N) is 1. The Hall–Kier alpha value is -2.34. The van der Waals surface area contributed by atoms with E-state index in [0.717, 1.165) is 12.8 Å². The molecular weight excluding hydrogens is 312 g/mol. The molecular formula is C17H18N2O3S. The molecule has 1 amide bonds. The summed E-state index contributed by atoms with van der Waals surface area (Å²) in [6.07, 6.45) is 3.83. The minimum Gasteiger partial charge on any atom is -0.322 e. The van der Waals surface area contributed by atoms with E-state index in [1.807, 2.05) is 24.3 Å².